The van der Waals surface area contributed by atoms with E-state index < -0.39 is 18.5 Å². The molecule has 3 aromatic heterocycles. The summed E-state index contributed by atoms with van der Waals surface area (Å²) in [7, 11) is 0. The van der Waals surface area contributed by atoms with Crippen LogP contribution in [0.4, 0.5) is 24.9 Å². The van der Waals surface area contributed by atoms with Crippen LogP contribution in [-0.2, 0) is 17.8 Å². The van der Waals surface area contributed by atoms with Crippen molar-refractivity contribution in [2.75, 3.05) is 31.5 Å². The molecule has 1 amide bonds. The number of nitrogens with one attached hydrogen (secondary N) is 2. The lowest BCUT2D eigenvalue weighted by atomic mass is 9.83. The second-order valence-corrected chi connectivity index (χ2v) is 10.4. The van der Waals surface area contributed by atoms with Crippen LogP contribution >= 0.6 is 0 Å². The van der Waals surface area contributed by atoms with Crippen LogP contribution in [0, 0.1) is 5.92 Å². The van der Waals surface area contributed by atoms with E-state index in [4.69, 9.17) is 4.42 Å². The summed E-state index contributed by atoms with van der Waals surface area (Å²) in [5.41, 5.74) is 3.39. The maximum absolute atomic E-state index is 12.5. The molecule has 1 aliphatic carbocycles. The average Bonchev–Trinajstić information content (AvgIpc) is 3.52. The zero-order valence-electron chi connectivity index (χ0n) is 21.7. The summed E-state index contributed by atoms with van der Waals surface area (Å²) >= 11 is 0. The van der Waals surface area contributed by atoms with E-state index in [2.05, 4.69) is 35.4 Å². The number of aromatic amines is 1. The number of aromatic nitrogens is 5. The number of halogens is 3. The molecule has 1 aliphatic heterocycles. The molecule has 2 N–H and O–H groups in total. The summed E-state index contributed by atoms with van der Waals surface area (Å²) in [6.45, 7) is 2.15. The highest BCUT2D eigenvalue weighted by molar-refractivity contribution is 5.82. The van der Waals surface area contributed by atoms with E-state index >= 15 is 0 Å². The molecule has 6 rings (SSSR count). The fourth-order valence-electron chi connectivity index (χ4n) is 5.06. The number of anilines is 2. The maximum Gasteiger partial charge on any atom is 0.397 e. The van der Waals surface area contributed by atoms with Crippen molar-refractivity contribution in [3.63, 3.8) is 0 Å². The number of benzene rings is 1. The van der Waals surface area contributed by atoms with E-state index in [1.165, 1.54) is 24.2 Å². The third-order valence-corrected chi connectivity index (χ3v) is 7.44. The molecule has 210 valence electrons. The van der Waals surface area contributed by atoms with Crippen LogP contribution in [0.5, 0.6) is 0 Å². The molecule has 0 unspecified atom stereocenters. The van der Waals surface area contributed by atoms with E-state index in [-0.39, 0.29) is 13.1 Å². The normalized spacial score (nSPS) is 16.8. The van der Waals surface area contributed by atoms with Gasteiger partial charge in [-0.3, -0.25) is 9.69 Å². The minimum atomic E-state index is -4.48. The molecule has 2 fully saturated rings. The molecule has 4 heterocycles. The van der Waals surface area contributed by atoms with Crippen molar-refractivity contribution < 1.29 is 22.4 Å². The highest BCUT2D eigenvalue weighted by Crippen LogP contribution is 2.31. The molecule has 40 heavy (non-hydrogen) atoms. The Morgan fingerprint density at radius 2 is 1.93 bits per heavy atom. The van der Waals surface area contributed by atoms with Crippen LogP contribution in [0.1, 0.15) is 37.1 Å². The van der Waals surface area contributed by atoms with Gasteiger partial charge in [0, 0.05) is 50.9 Å². The van der Waals surface area contributed by atoms with Gasteiger partial charge in [0.2, 0.25) is 23.6 Å². The van der Waals surface area contributed by atoms with Crippen molar-refractivity contribution >= 4 is 28.7 Å². The summed E-state index contributed by atoms with van der Waals surface area (Å²) in [5.74, 6) is 2.08. The van der Waals surface area contributed by atoms with Gasteiger partial charge in [0.15, 0.2) is 0 Å². The molecule has 0 radical (unpaired) electrons. The van der Waals surface area contributed by atoms with Crippen LogP contribution in [0.2, 0.25) is 0 Å². The second-order valence-electron chi connectivity index (χ2n) is 10.4. The second kappa shape index (κ2) is 10.9. The zero-order chi connectivity index (χ0) is 27.7. The number of amides is 1. The van der Waals surface area contributed by atoms with Gasteiger partial charge in [-0.1, -0.05) is 6.42 Å². The average molecular weight is 555 g/mol. The highest BCUT2D eigenvalue weighted by atomic mass is 19.4. The van der Waals surface area contributed by atoms with Crippen molar-refractivity contribution in [1.29, 1.82) is 0 Å². The van der Waals surface area contributed by atoms with Gasteiger partial charge < -0.3 is 19.6 Å². The minimum Gasteiger partial charge on any atom is -0.421 e. The van der Waals surface area contributed by atoms with Gasteiger partial charge in [0.25, 0.3) is 0 Å². The van der Waals surface area contributed by atoms with Gasteiger partial charge in [-0.2, -0.15) is 13.2 Å². The van der Waals surface area contributed by atoms with Crippen molar-refractivity contribution in [3.05, 3.63) is 48.0 Å². The topological polar surface area (TPSA) is 116 Å². The Bertz CT molecular complexity index is 1490. The first-order valence-electron chi connectivity index (χ1n) is 13.4. The summed E-state index contributed by atoms with van der Waals surface area (Å²) < 4.78 is 43.5. The van der Waals surface area contributed by atoms with Gasteiger partial charge in [-0.25, -0.2) is 9.97 Å². The lowest BCUT2D eigenvalue weighted by Gasteiger charge is -2.35. The predicted molar refractivity (Wildman–Crippen MR) is 140 cm³/mol. The fourth-order valence-corrected chi connectivity index (χ4v) is 5.06. The first kappa shape index (κ1) is 26.2. The Hall–Kier alpha value is -4.00. The molecular formula is C27H29F3N8O2. The molecule has 1 saturated heterocycles. The first-order valence-corrected chi connectivity index (χ1v) is 13.4. The van der Waals surface area contributed by atoms with E-state index in [1.807, 2.05) is 30.3 Å². The van der Waals surface area contributed by atoms with Crippen LogP contribution in [-0.4, -0.2) is 73.2 Å². The van der Waals surface area contributed by atoms with Crippen LogP contribution < -0.4 is 5.32 Å². The van der Waals surface area contributed by atoms with E-state index in [0.29, 0.717) is 49.1 Å². The highest BCUT2D eigenvalue weighted by Gasteiger charge is 2.34. The molecule has 0 bridgehead atoms. The van der Waals surface area contributed by atoms with Gasteiger partial charge in [0.1, 0.15) is 12.2 Å². The number of hydrogen-bond acceptors (Lipinski definition) is 8. The molecule has 13 heteroatoms. The number of alkyl halides is 3. The van der Waals surface area contributed by atoms with E-state index in [0.717, 1.165) is 28.6 Å². The standard InChI is InChI=1S/C27H29F3N8O2/c28-27(29,30)15-24(39)38-10-8-37(9-11-38)16-18-6-7-31-22(12-18)34-26-32-20-5-4-19(14-21(20)33-26)25-36-35-23(40-25)13-17-2-1-3-17/h4-7,12,14,17H,1-3,8-11,13,15-16H2,(H2,31,32,33,34). The fraction of sp³-hybridized carbons (Fsp3) is 0.444. The third-order valence-electron chi connectivity index (χ3n) is 7.44. The third kappa shape index (κ3) is 6.24. The number of imidazole rings is 1. The van der Waals surface area contributed by atoms with Crippen LogP contribution in [0.25, 0.3) is 22.5 Å². The molecule has 0 spiro atoms. The van der Waals surface area contributed by atoms with Gasteiger partial charge in [-0.05, 0) is 54.7 Å². The Morgan fingerprint density at radius 3 is 2.67 bits per heavy atom. The maximum atomic E-state index is 12.5. The number of nitrogens with zero attached hydrogens (tertiary/aromatic N) is 6. The summed E-state index contributed by atoms with van der Waals surface area (Å²) in [6, 6.07) is 9.52. The number of piperazine rings is 1. The molecule has 1 saturated carbocycles. The van der Waals surface area contributed by atoms with E-state index in [9.17, 15) is 18.0 Å². The summed E-state index contributed by atoms with van der Waals surface area (Å²) in [4.78, 5) is 27.5. The van der Waals surface area contributed by atoms with Crippen molar-refractivity contribution in [3.8, 4) is 11.5 Å². The number of rotatable bonds is 8. The number of carbonyl (C=O) groups is 1. The van der Waals surface area contributed by atoms with Crippen LogP contribution in [0.3, 0.4) is 0 Å². The van der Waals surface area contributed by atoms with Gasteiger partial charge in [0.05, 0.1) is 11.0 Å². The number of hydrogen-bond donors (Lipinski definition) is 2. The molecule has 1 aromatic carbocycles. The smallest absolute Gasteiger partial charge is 0.397 e. The molecular weight excluding hydrogens is 525 g/mol. The van der Waals surface area contributed by atoms with Crippen molar-refractivity contribution in [2.45, 2.75) is 44.8 Å². The molecule has 2 aliphatic rings. The summed E-state index contributed by atoms with van der Waals surface area (Å²) in [6.07, 6.45) is 0.348. The van der Waals surface area contributed by atoms with Crippen molar-refractivity contribution in [2.24, 2.45) is 5.92 Å². The Kier molecular flexibility index (Phi) is 7.13. The van der Waals surface area contributed by atoms with Gasteiger partial charge in [-0.15, -0.1) is 10.2 Å². The number of carbonyl (C=O) groups excluding carboxylic acids is 1. The lowest BCUT2D eigenvalue weighted by Crippen LogP contribution is -2.49. The Balaban J connectivity index is 1.06. The molecule has 0 atom stereocenters. The van der Waals surface area contributed by atoms with Crippen LogP contribution in [0.15, 0.2) is 40.9 Å². The molecule has 4 aromatic rings. The molecule has 10 nitrogen and oxygen atoms in total. The quantitative estimate of drug-likeness (QED) is 0.322. The number of pyridine rings is 1. The number of H-pyrrole nitrogens is 1. The van der Waals surface area contributed by atoms with Gasteiger partial charge >= 0.3 is 6.18 Å². The minimum absolute atomic E-state index is 0.275. The largest absolute Gasteiger partial charge is 0.421 e. The lowest BCUT2D eigenvalue weighted by molar-refractivity contribution is -0.162. The Morgan fingerprint density at radius 1 is 1.10 bits per heavy atom. The van der Waals surface area contributed by atoms with Crippen molar-refractivity contribution in [1.82, 2.24) is 34.9 Å². The predicted octanol–water partition coefficient (Wildman–Crippen LogP) is 4.69. The monoisotopic (exact) mass is 554 g/mol. The number of fused-ring (bicyclic) bond motifs is 1. The first-order chi connectivity index (χ1) is 19.3. The van der Waals surface area contributed by atoms with E-state index in [1.54, 1.807) is 6.20 Å². The SMILES string of the molecule is O=C(CC(F)(F)F)N1CCN(Cc2ccnc(Nc3nc4ccc(-c5nnc(CC6CCC6)o5)cc4[nH]3)c2)CC1. The zero-order valence-corrected chi connectivity index (χ0v) is 21.7. The Labute approximate surface area is 228 Å². The summed E-state index contributed by atoms with van der Waals surface area (Å²) in [5, 5.41) is 11.6.